The molecule has 0 saturated heterocycles. The second kappa shape index (κ2) is 8.43. The van der Waals surface area contributed by atoms with E-state index in [0.717, 1.165) is 37.5 Å². The van der Waals surface area contributed by atoms with E-state index in [9.17, 15) is 9.59 Å². The van der Waals surface area contributed by atoms with Gasteiger partial charge in [0.25, 0.3) is 0 Å². The van der Waals surface area contributed by atoms with Gasteiger partial charge in [-0.05, 0) is 79.3 Å². The third-order valence-corrected chi connectivity index (χ3v) is 10.8. The summed E-state index contributed by atoms with van der Waals surface area (Å²) in [6.45, 7) is 2.06. The molecule has 1 amide bonds. The van der Waals surface area contributed by atoms with E-state index in [-0.39, 0.29) is 23.2 Å². The van der Waals surface area contributed by atoms with Crippen LogP contribution in [0.1, 0.15) is 41.2 Å². The monoisotopic (exact) mass is 540 g/mol. The van der Waals surface area contributed by atoms with Crippen LogP contribution in [0.15, 0.2) is 62.8 Å². The van der Waals surface area contributed by atoms with Crippen molar-refractivity contribution in [3.05, 3.63) is 78.7 Å². The summed E-state index contributed by atoms with van der Waals surface area (Å²) in [5.41, 5.74) is 3.14. The van der Waals surface area contributed by atoms with Crippen LogP contribution in [0.2, 0.25) is 0 Å². The number of fused-ring (bicyclic) bond motifs is 6. The average molecular weight is 542 g/mol. The Bertz CT molecular complexity index is 1300. The zero-order valence-corrected chi connectivity index (χ0v) is 21.5. The molecule has 3 aliphatic rings. The SMILES string of the molecule is Cc1cccc(NC(=O)Cn2c3c(sc2=O)[C@@H](c2cccc(Br)c2)C2C4CCC(C4)C2S3)c1. The number of thioether (sulfide) groups is 1. The van der Waals surface area contributed by atoms with Crippen LogP contribution in [0.25, 0.3) is 0 Å². The predicted molar refractivity (Wildman–Crippen MR) is 138 cm³/mol. The van der Waals surface area contributed by atoms with Gasteiger partial charge in [0, 0.05) is 26.2 Å². The Kier molecular flexibility index (Phi) is 5.54. The maximum atomic E-state index is 13.2. The fourth-order valence-corrected chi connectivity index (χ4v) is 9.80. The zero-order chi connectivity index (χ0) is 22.7. The summed E-state index contributed by atoms with van der Waals surface area (Å²) < 4.78 is 2.80. The molecule has 2 bridgehead atoms. The molecule has 2 heterocycles. The number of benzene rings is 2. The number of amides is 1. The fraction of sp³-hybridized carbons (Fsp3) is 0.385. The molecule has 170 valence electrons. The lowest BCUT2D eigenvalue weighted by molar-refractivity contribution is -0.116. The van der Waals surface area contributed by atoms with Crippen LogP contribution in [-0.2, 0) is 11.3 Å². The van der Waals surface area contributed by atoms with Crippen LogP contribution in [-0.4, -0.2) is 15.7 Å². The normalized spacial score (nSPS) is 27.3. The van der Waals surface area contributed by atoms with Crippen molar-refractivity contribution in [3.63, 3.8) is 0 Å². The van der Waals surface area contributed by atoms with Crippen LogP contribution < -0.4 is 10.2 Å². The highest BCUT2D eigenvalue weighted by atomic mass is 79.9. The molecule has 2 aromatic carbocycles. The third kappa shape index (κ3) is 3.82. The van der Waals surface area contributed by atoms with Gasteiger partial charge in [0.1, 0.15) is 6.54 Å². The van der Waals surface area contributed by atoms with E-state index in [1.807, 2.05) is 43.0 Å². The van der Waals surface area contributed by atoms with Crippen LogP contribution in [0, 0.1) is 24.7 Å². The maximum absolute atomic E-state index is 13.2. The minimum Gasteiger partial charge on any atom is -0.325 e. The fourth-order valence-electron chi connectivity index (χ4n) is 6.23. The van der Waals surface area contributed by atoms with E-state index in [4.69, 9.17) is 0 Å². The first-order valence-corrected chi connectivity index (χ1v) is 14.0. The molecule has 5 atom stereocenters. The lowest BCUT2D eigenvalue weighted by Gasteiger charge is -2.40. The molecule has 3 aromatic rings. The van der Waals surface area contributed by atoms with E-state index < -0.39 is 0 Å². The average Bonchev–Trinajstić information content (AvgIpc) is 3.47. The van der Waals surface area contributed by atoms with Crippen molar-refractivity contribution in [2.75, 3.05) is 5.32 Å². The first-order valence-electron chi connectivity index (χ1n) is 11.5. The van der Waals surface area contributed by atoms with Gasteiger partial charge < -0.3 is 5.32 Å². The maximum Gasteiger partial charge on any atom is 0.308 e. The second-order valence-electron chi connectivity index (χ2n) is 9.57. The molecule has 33 heavy (non-hydrogen) atoms. The molecular weight excluding hydrogens is 516 g/mol. The number of carbonyl (C=O) groups excluding carboxylic acids is 1. The minimum absolute atomic E-state index is 0.0285. The number of hydrogen-bond acceptors (Lipinski definition) is 4. The van der Waals surface area contributed by atoms with E-state index in [1.54, 1.807) is 4.57 Å². The van der Waals surface area contributed by atoms with E-state index in [1.165, 1.54) is 36.2 Å². The molecular formula is C26H25BrN2O2S2. The molecule has 0 spiro atoms. The summed E-state index contributed by atoms with van der Waals surface area (Å²) in [7, 11) is 0. The van der Waals surface area contributed by atoms with E-state index in [0.29, 0.717) is 11.2 Å². The summed E-state index contributed by atoms with van der Waals surface area (Å²) >= 11 is 6.87. The Morgan fingerprint density at radius 2 is 1.97 bits per heavy atom. The van der Waals surface area contributed by atoms with Gasteiger partial charge in [-0.15, -0.1) is 11.8 Å². The van der Waals surface area contributed by atoms with E-state index >= 15 is 0 Å². The Hall–Kier alpha value is -1.83. The van der Waals surface area contributed by atoms with Gasteiger partial charge in [-0.2, -0.15) is 0 Å². The number of nitrogens with zero attached hydrogens (tertiary/aromatic N) is 1. The van der Waals surface area contributed by atoms with Crippen molar-refractivity contribution in [2.45, 2.75) is 48.9 Å². The Balaban J connectivity index is 1.37. The summed E-state index contributed by atoms with van der Waals surface area (Å²) in [5.74, 6) is 2.11. The molecule has 4 nitrogen and oxygen atoms in total. The number of rotatable bonds is 4. The van der Waals surface area contributed by atoms with Gasteiger partial charge in [0.2, 0.25) is 5.91 Å². The van der Waals surface area contributed by atoms with Gasteiger partial charge in [0.05, 0.1) is 5.03 Å². The number of aromatic nitrogens is 1. The highest BCUT2D eigenvalue weighted by Gasteiger charge is 2.55. The van der Waals surface area contributed by atoms with Crippen LogP contribution in [0.5, 0.6) is 0 Å². The smallest absolute Gasteiger partial charge is 0.308 e. The standard InChI is InChI=1S/C26H25BrN2O2S2/c1-14-4-2-7-19(10-14)28-20(30)13-29-25-24(33-26(29)31)22(15-5-3-6-18(27)12-15)21-16-8-9-17(11-16)23(21)32-25/h2-7,10,12,16-17,21-23H,8-9,11,13H2,1H3,(H,28,30)/t16?,17?,21?,22-,23?/m0/s1. The Morgan fingerprint density at radius 3 is 2.79 bits per heavy atom. The van der Waals surface area contributed by atoms with E-state index in [2.05, 4.69) is 45.5 Å². The lowest BCUT2D eigenvalue weighted by Crippen LogP contribution is -2.34. The van der Waals surface area contributed by atoms with Gasteiger partial charge in [-0.25, -0.2) is 0 Å². The van der Waals surface area contributed by atoms with Gasteiger partial charge >= 0.3 is 4.87 Å². The number of nitrogens with one attached hydrogen (secondary N) is 1. The van der Waals surface area contributed by atoms with Crippen molar-refractivity contribution < 1.29 is 4.79 Å². The second-order valence-corrected chi connectivity index (χ2v) is 12.6. The van der Waals surface area contributed by atoms with Crippen molar-refractivity contribution in [3.8, 4) is 0 Å². The van der Waals surface area contributed by atoms with Gasteiger partial charge in [-0.3, -0.25) is 14.2 Å². The predicted octanol–water partition coefficient (Wildman–Crippen LogP) is 6.27. The topological polar surface area (TPSA) is 51.1 Å². The summed E-state index contributed by atoms with van der Waals surface area (Å²) in [6, 6.07) is 16.3. The zero-order valence-electron chi connectivity index (χ0n) is 18.3. The molecule has 7 heteroatoms. The highest BCUT2D eigenvalue weighted by molar-refractivity contribution is 9.10. The molecule has 6 rings (SSSR count). The van der Waals surface area contributed by atoms with Crippen molar-refractivity contribution in [1.29, 1.82) is 0 Å². The highest BCUT2D eigenvalue weighted by Crippen LogP contribution is 2.64. The van der Waals surface area contributed by atoms with Gasteiger partial charge in [0.15, 0.2) is 0 Å². The van der Waals surface area contributed by atoms with Gasteiger partial charge in [-0.1, -0.05) is 51.5 Å². The Labute approximate surface area is 209 Å². The lowest BCUT2D eigenvalue weighted by atomic mass is 9.75. The first kappa shape index (κ1) is 21.7. The number of carbonyl (C=O) groups is 1. The molecule has 2 saturated carbocycles. The van der Waals surface area contributed by atoms with Crippen LogP contribution >= 0.6 is 39.0 Å². The number of thiazole rings is 1. The van der Waals surface area contributed by atoms with Crippen LogP contribution in [0.3, 0.4) is 0 Å². The van der Waals surface area contributed by atoms with Crippen molar-refractivity contribution >= 4 is 50.6 Å². The minimum atomic E-state index is -0.155. The molecule has 0 radical (unpaired) electrons. The number of anilines is 1. The summed E-state index contributed by atoms with van der Waals surface area (Å²) in [6.07, 6.45) is 3.90. The van der Waals surface area contributed by atoms with Crippen molar-refractivity contribution in [1.82, 2.24) is 4.57 Å². The number of aryl methyl sites for hydroxylation is 1. The van der Waals surface area contributed by atoms with Crippen LogP contribution in [0.4, 0.5) is 5.69 Å². The summed E-state index contributed by atoms with van der Waals surface area (Å²) in [4.78, 5) is 27.2. The van der Waals surface area contributed by atoms with Crippen molar-refractivity contribution in [2.24, 2.45) is 17.8 Å². The molecule has 4 unspecified atom stereocenters. The number of halogens is 1. The largest absolute Gasteiger partial charge is 0.325 e. The molecule has 2 aliphatic carbocycles. The molecule has 1 N–H and O–H groups in total. The molecule has 2 fully saturated rings. The molecule has 1 aliphatic heterocycles. The first-order chi connectivity index (χ1) is 16.0. The number of hydrogen-bond donors (Lipinski definition) is 1. The summed E-state index contributed by atoms with van der Waals surface area (Å²) in [5, 5.41) is 4.51. The Morgan fingerprint density at radius 1 is 1.15 bits per heavy atom. The molecule has 1 aromatic heterocycles. The quantitative estimate of drug-likeness (QED) is 0.424. The third-order valence-electron chi connectivity index (χ3n) is 7.50.